The third-order valence-electron chi connectivity index (χ3n) is 2.87. The van der Waals surface area contributed by atoms with Gasteiger partial charge in [0.25, 0.3) is 0 Å². The summed E-state index contributed by atoms with van der Waals surface area (Å²) < 4.78 is 13.1. The van der Waals surface area contributed by atoms with Gasteiger partial charge in [-0.2, -0.15) is 0 Å². The first-order valence-corrected chi connectivity index (χ1v) is 6.12. The van der Waals surface area contributed by atoms with Crippen LogP contribution in [0.4, 0.5) is 15.8 Å². The highest BCUT2D eigenvalue weighted by atomic mass is 19.1. The van der Waals surface area contributed by atoms with Gasteiger partial charge in [0, 0.05) is 23.7 Å². The van der Waals surface area contributed by atoms with Gasteiger partial charge in [0.05, 0.1) is 11.9 Å². The van der Waals surface area contributed by atoms with Gasteiger partial charge in [0.2, 0.25) is 0 Å². The highest BCUT2D eigenvalue weighted by Crippen LogP contribution is 2.23. The molecule has 1 aromatic heterocycles. The number of nitrogens with one attached hydrogen (secondary N) is 2. The molecule has 4 heteroatoms. The number of anilines is 2. The molecule has 0 unspecified atom stereocenters. The summed E-state index contributed by atoms with van der Waals surface area (Å²) in [5.74, 6) is 0.0442. The summed E-state index contributed by atoms with van der Waals surface area (Å²) in [6.45, 7) is 4.20. The van der Waals surface area contributed by atoms with Crippen LogP contribution < -0.4 is 5.32 Å². The third kappa shape index (κ3) is 3.16. The Hall–Kier alpha value is -2.23. The molecule has 0 saturated carbocycles. The fraction of sp³-hybridized carbons (Fsp3) is 0.200. The van der Waals surface area contributed by atoms with Crippen molar-refractivity contribution >= 4 is 17.6 Å². The van der Waals surface area contributed by atoms with Crippen molar-refractivity contribution in [3.05, 3.63) is 53.6 Å². The SMILES string of the molecule is CC(C)c1cncc(Nc2ccc(F)cc2C=N)c1. The lowest BCUT2D eigenvalue weighted by atomic mass is 10.1. The maximum absolute atomic E-state index is 13.1. The molecule has 0 radical (unpaired) electrons. The molecule has 1 aromatic carbocycles. The van der Waals surface area contributed by atoms with Crippen molar-refractivity contribution in [2.24, 2.45) is 0 Å². The van der Waals surface area contributed by atoms with E-state index in [4.69, 9.17) is 5.41 Å². The molecule has 0 spiro atoms. The van der Waals surface area contributed by atoms with Gasteiger partial charge >= 0.3 is 0 Å². The average molecular weight is 257 g/mol. The maximum Gasteiger partial charge on any atom is 0.124 e. The normalized spacial score (nSPS) is 10.5. The summed E-state index contributed by atoms with van der Waals surface area (Å²) in [5.41, 5.74) is 3.17. The van der Waals surface area contributed by atoms with Gasteiger partial charge in [0.15, 0.2) is 0 Å². The number of benzene rings is 1. The van der Waals surface area contributed by atoms with Crippen molar-refractivity contribution in [2.45, 2.75) is 19.8 Å². The molecule has 0 bridgehead atoms. The summed E-state index contributed by atoms with van der Waals surface area (Å²) in [5, 5.41) is 10.5. The minimum atomic E-state index is -0.349. The van der Waals surface area contributed by atoms with Gasteiger partial charge < -0.3 is 10.7 Å². The van der Waals surface area contributed by atoms with E-state index in [1.165, 1.54) is 12.1 Å². The van der Waals surface area contributed by atoms with Crippen molar-refractivity contribution in [1.29, 1.82) is 5.41 Å². The quantitative estimate of drug-likeness (QED) is 0.810. The van der Waals surface area contributed by atoms with Crippen LogP contribution in [0.25, 0.3) is 0 Å². The van der Waals surface area contributed by atoms with Gasteiger partial charge in [-0.05, 0) is 35.7 Å². The van der Waals surface area contributed by atoms with Crippen LogP contribution in [0, 0.1) is 11.2 Å². The van der Waals surface area contributed by atoms with E-state index >= 15 is 0 Å². The summed E-state index contributed by atoms with van der Waals surface area (Å²) in [7, 11) is 0. The minimum absolute atomic E-state index is 0.349. The van der Waals surface area contributed by atoms with Crippen LogP contribution in [0.2, 0.25) is 0 Å². The molecule has 0 amide bonds. The van der Waals surface area contributed by atoms with Gasteiger partial charge in [-0.3, -0.25) is 4.98 Å². The molecule has 0 atom stereocenters. The number of hydrogen-bond donors (Lipinski definition) is 2. The molecular weight excluding hydrogens is 241 g/mol. The topological polar surface area (TPSA) is 48.8 Å². The molecule has 1 heterocycles. The van der Waals surface area contributed by atoms with E-state index in [9.17, 15) is 4.39 Å². The molecular formula is C15H16FN3. The summed E-state index contributed by atoms with van der Waals surface area (Å²) in [6.07, 6.45) is 4.67. The molecule has 0 aliphatic heterocycles. The molecule has 0 saturated heterocycles. The highest BCUT2D eigenvalue weighted by Gasteiger charge is 2.05. The first-order chi connectivity index (χ1) is 9.10. The second-order valence-electron chi connectivity index (χ2n) is 4.66. The number of aromatic nitrogens is 1. The first-order valence-electron chi connectivity index (χ1n) is 6.12. The van der Waals surface area contributed by atoms with Crippen molar-refractivity contribution < 1.29 is 4.39 Å². The van der Waals surface area contributed by atoms with Gasteiger partial charge in [-0.1, -0.05) is 13.8 Å². The number of hydrogen-bond acceptors (Lipinski definition) is 3. The summed E-state index contributed by atoms with van der Waals surface area (Å²) >= 11 is 0. The fourth-order valence-corrected chi connectivity index (χ4v) is 1.76. The number of nitrogens with zero attached hydrogens (tertiary/aromatic N) is 1. The van der Waals surface area contributed by atoms with Gasteiger partial charge in [0.1, 0.15) is 5.82 Å². The Kier molecular flexibility index (Phi) is 3.90. The standard InChI is InChI=1S/C15H16FN3/c1-10(2)12-6-14(9-18-8-12)19-15-4-3-13(16)5-11(15)7-17/h3-10,17,19H,1-2H3. The minimum Gasteiger partial charge on any atom is -0.354 e. The molecule has 3 nitrogen and oxygen atoms in total. The average Bonchev–Trinajstić information content (AvgIpc) is 2.41. The van der Waals surface area contributed by atoms with Crippen molar-refractivity contribution in [3.63, 3.8) is 0 Å². The van der Waals surface area contributed by atoms with E-state index in [0.717, 1.165) is 17.5 Å². The molecule has 2 N–H and O–H groups in total. The second-order valence-corrected chi connectivity index (χ2v) is 4.66. The molecule has 2 aromatic rings. The lowest BCUT2D eigenvalue weighted by Gasteiger charge is -2.11. The molecule has 2 rings (SSSR count). The molecule has 19 heavy (non-hydrogen) atoms. The van der Waals surface area contributed by atoms with Gasteiger partial charge in [-0.25, -0.2) is 4.39 Å². The Labute approximate surface area is 112 Å². The van der Waals surface area contributed by atoms with Crippen LogP contribution in [0.15, 0.2) is 36.7 Å². The van der Waals surface area contributed by atoms with Gasteiger partial charge in [-0.15, -0.1) is 0 Å². The molecule has 0 fully saturated rings. The summed E-state index contributed by atoms with van der Waals surface area (Å²) in [6, 6.07) is 6.33. The highest BCUT2D eigenvalue weighted by molar-refractivity contribution is 5.87. The second kappa shape index (κ2) is 5.61. The van der Waals surface area contributed by atoms with Crippen LogP contribution in [0.5, 0.6) is 0 Å². The van der Waals surface area contributed by atoms with E-state index in [2.05, 4.69) is 24.1 Å². The van der Waals surface area contributed by atoms with Crippen molar-refractivity contribution in [1.82, 2.24) is 4.98 Å². The Bertz CT molecular complexity index is 594. The third-order valence-corrected chi connectivity index (χ3v) is 2.87. The lowest BCUT2D eigenvalue weighted by molar-refractivity contribution is 0.628. The van der Waals surface area contributed by atoms with E-state index in [1.54, 1.807) is 12.3 Å². The number of halogens is 1. The predicted octanol–water partition coefficient (Wildman–Crippen LogP) is 4.09. The van der Waals surface area contributed by atoms with Crippen molar-refractivity contribution in [3.8, 4) is 0 Å². The Morgan fingerprint density at radius 3 is 2.74 bits per heavy atom. The summed E-state index contributed by atoms with van der Waals surface area (Å²) in [4.78, 5) is 4.18. The van der Waals surface area contributed by atoms with Crippen LogP contribution in [0.1, 0.15) is 30.9 Å². The van der Waals surface area contributed by atoms with Crippen LogP contribution >= 0.6 is 0 Å². The maximum atomic E-state index is 13.1. The van der Waals surface area contributed by atoms with Crippen molar-refractivity contribution in [2.75, 3.05) is 5.32 Å². The predicted molar refractivity (Wildman–Crippen MR) is 75.9 cm³/mol. The van der Waals surface area contributed by atoms with E-state index < -0.39 is 0 Å². The van der Waals surface area contributed by atoms with Crippen LogP contribution in [-0.4, -0.2) is 11.2 Å². The van der Waals surface area contributed by atoms with E-state index in [1.807, 2.05) is 12.3 Å². The lowest BCUT2D eigenvalue weighted by Crippen LogP contribution is -1.98. The first kappa shape index (κ1) is 13.2. The Morgan fingerprint density at radius 1 is 1.26 bits per heavy atom. The van der Waals surface area contributed by atoms with E-state index in [0.29, 0.717) is 17.2 Å². The van der Waals surface area contributed by atoms with E-state index in [-0.39, 0.29) is 5.82 Å². The smallest absolute Gasteiger partial charge is 0.124 e. The van der Waals surface area contributed by atoms with Crippen LogP contribution in [-0.2, 0) is 0 Å². The number of pyridine rings is 1. The largest absolute Gasteiger partial charge is 0.354 e. The molecule has 0 aliphatic carbocycles. The zero-order valence-electron chi connectivity index (χ0n) is 10.9. The monoisotopic (exact) mass is 257 g/mol. The number of rotatable bonds is 4. The molecule has 0 aliphatic rings. The van der Waals surface area contributed by atoms with Crippen LogP contribution in [0.3, 0.4) is 0 Å². The Balaban J connectivity index is 2.30. The Morgan fingerprint density at radius 2 is 2.05 bits per heavy atom. The molecule has 98 valence electrons. The zero-order valence-corrected chi connectivity index (χ0v) is 10.9. The fourth-order valence-electron chi connectivity index (χ4n) is 1.76. The zero-order chi connectivity index (χ0) is 13.8.